The lowest BCUT2D eigenvalue weighted by Gasteiger charge is -2.07. The molecule has 3 heteroatoms. The van der Waals surface area contributed by atoms with E-state index >= 15 is 0 Å². The Labute approximate surface area is 112 Å². The molecule has 2 aromatic heterocycles. The van der Waals surface area contributed by atoms with Crippen LogP contribution >= 0.6 is 11.3 Å². The minimum atomic E-state index is 0.433. The molecule has 1 aliphatic carbocycles. The molecule has 0 spiro atoms. The first-order valence-electron chi connectivity index (χ1n) is 6.50. The van der Waals surface area contributed by atoms with Crippen molar-refractivity contribution in [1.82, 2.24) is 4.98 Å². The highest BCUT2D eigenvalue weighted by atomic mass is 32.1. The average molecular weight is 260 g/mol. The molecule has 0 aromatic carbocycles. The van der Waals surface area contributed by atoms with E-state index in [0.29, 0.717) is 10.8 Å². The largest absolute Gasteiger partial charge is 0.369 e. The average Bonchev–Trinajstić information content (AvgIpc) is 2.71. The molecule has 18 heavy (non-hydrogen) atoms. The first kappa shape index (κ1) is 12.0. The number of rotatable bonds is 3. The Morgan fingerprint density at radius 3 is 2.61 bits per heavy atom. The van der Waals surface area contributed by atoms with E-state index in [1.165, 1.54) is 10.1 Å². The summed E-state index contributed by atoms with van der Waals surface area (Å²) in [6, 6.07) is 4.23. The number of aromatic nitrogens is 1. The predicted molar refractivity (Wildman–Crippen MR) is 79.2 cm³/mol. The molecular weight excluding hydrogens is 240 g/mol. The standard InChI is InChI=1S/C15H20N2S/c1-14(2)12(15(14,3)4)9-17-13-10-6-8-18-11(10)5-7-16-13/h5-8,12H,9H2,1-4H3,(H,16,17). The van der Waals surface area contributed by atoms with Gasteiger partial charge in [0.25, 0.3) is 0 Å². The molecule has 1 saturated carbocycles. The summed E-state index contributed by atoms with van der Waals surface area (Å²) in [5.74, 6) is 1.76. The van der Waals surface area contributed by atoms with Crippen molar-refractivity contribution in [2.45, 2.75) is 27.7 Å². The molecule has 3 rings (SSSR count). The summed E-state index contributed by atoms with van der Waals surface area (Å²) < 4.78 is 1.31. The number of nitrogens with one attached hydrogen (secondary N) is 1. The third-order valence-corrected chi connectivity index (χ3v) is 6.06. The molecule has 0 saturated heterocycles. The molecule has 0 atom stereocenters. The van der Waals surface area contributed by atoms with E-state index in [1.54, 1.807) is 11.3 Å². The lowest BCUT2D eigenvalue weighted by molar-refractivity contribution is 0.457. The van der Waals surface area contributed by atoms with Crippen molar-refractivity contribution in [2.24, 2.45) is 16.7 Å². The fourth-order valence-corrected chi connectivity index (χ4v) is 3.86. The highest BCUT2D eigenvalue weighted by Gasteiger charge is 2.64. The molecule has 2 heterocycles. The molecule has 96 valence electrons. The van der Waals surface area contributed by atoms with Gasteiger partial charge in [0, 0.05) is 22.8 Å². The second-order valence-corrected chi connectivity index (χ2v) is 7.32. The Bertz CT molecular complexity index is 569. The quantitative estimate of drug-likeness (QED) is 0.885. The van der Waals surface area contributed by atoms with Crippen molar-refractivity contribution in [2.75, 3.05) is 11.9 Å². The summed E-state index contributed by atoms with van der Waals surface area (Å²) >= 11 is 1.77. The molecule has 0 amide bonds. The number of fused-ring (bicyclic) bond motifs is 1. The molecule has 0 unspecified atom stereocenters. The lowest BCUT2D eigenvalue weighted by Crippen LogP contribution is -2.09. The van der Waals surface area contributed by atoms with Gasteiger partial charge in [-0.15, -0.1) is 11.3 Å². The van der Waals surface area contributed by atoms with Crippen LogP contribution in [0.3, 0.4) is 0 Å². The zero-order valence-electron chi connectivity index (χ0n) is 11.4. The van der Waals surface area contributed by atoms with Crippen molar-refractivity contribution in [3.8, 4) is 0 Å². The molecule has 2 aromatic rings. The van der Waals surface area contributed by atoms with Crippen molar-refractivity contribution in [3.05, 3.63) is 23.7 Å². The van der Waals surface area contributed by atoms with Crippen LogP contribution in [0.4, 0.5) is 5.82 Å². The van der Waals surface area contributed by atoms with Crippen LogP contribution in [0.15, 0.2) is 23.7 Å². The Morgan fingerprint density at radius 1 is 1.22 bits per heavy atom. The summed E-state index contributed by atoms with van der Waals surface area (Å²) in [5, 5.41) is 6.92. The maximum Gasteiger partial charge on any atom is 0.134 e. The Balaban J connectivity index is 1.77. The third kappa shape index (κ3) is 1.57. The van der Waals surface area contributed by atoms with E-state index in [9.17, 15) is 0 Å². The normalized spacial score (nSPS) is 21.1. The molecule has 2 nitrogen and oxygen atoms in total. The highest BCUT2D eigenvalue weighted by molar-refractivity contribution is 7.17. The van der Waals surface area contributed by atoms with Crippen LogP contribution in [0.25, 0.3) is 10.1 Å². The van der Waals surface area contributed by atoms with Crippen molar-refractivity contribution in [1.29, 1.82) is 0 Å². The Kier molecular flexibility index (Phi) is 2.46. The number of hydrogen-bond acceptors (Lipinski definition) is 3. The van der Waals surface area contributed by atoms with E-state index < -0.39 is 0 Å². The van der Waals surface area contributed by atoms with E-state index in [-0.39, 0.29) is 0 Å². The number of hydrogen-bond donors (Lipinski definition) is 1. The van der Waals surface area contributed by atoms with Gasteiger partial charge in [-0.05, 0) is 34.3 Å². The Hall–Kier alpha value is -1.09. The van der Waals surface area contributed by atoms with Gasteiger partial charge in [-0.3, -0.25) is 0 Å². The van der Waals surface area contributed by atoms with Crippen molar-refractivity contribution >= 4 is 27.2 Å². The zero-order chi connectivity index (χ0) is 13.0. The first-order chi connectivity index (χ1) is 8.44. The van der Waals surface area contributed by atoms with E-state index in [2.05, 4.69) is 55.5 Å². The second-order valence-electron chi connectivity index (χ2n) is 6.37. The molecule has 0 radical (unpaired) electrons. The molecule has 1 N–H and O–H groups in total. The molecular formula is C15H20N2S. The van der Waals surface area contributed by atoms with Crippen molar-refractivity contribution < 1.29 is 0 Å². The second kappa shape index (κ2) is 3.70. The van der Waals surface area contributed by atoms with E-state index in [1.807, 2.05) is 6.20 Å². The minimum absolute atomic E-state index is 0.433. The van der Waals surface area contributed by atoms with Crippen LogP contribution in [0.1, 0.15) is 27.7 Å². The SMILES string of the molecule is CC1(C)C(CNc2nccc3sccc23)C1(C)C. The zero-order valence-corrected chi connectivity index (χ0v) is 12.3. The van der Waals surface area contributed by atoms with Crippen LogP contribution in [-0.2, 0) is 0 Å². The smallest absolute Gasteiger partial charge is 0.134 e. The van der Waals surface area contributed by atoms with Gasteiger partial charge in [0.15, 0.2) is 0 Å². The maximum absolute atomic E-state index is 4.47. The summed E-state index contributed by atoms with van der Waals surface area (Å²) in [7, 11) is 0. The van der Waals surface area contributed by atoms with Crippen LogP contribution < -0.4 is 5.32 Å². The van der Waals surface area contributed by atoms with Crippen LogP contribution in [0.5, 0.6) is 0 Å². The van der Waals surface area contributed by atoms with Gasteiger partial charge in [-0.2, -0.15) is 0 Å². The molecule has 1 aliphatic rings. The van der Waals surface area contributed by atoms with Gasteiger partial charge in [-0.1, -0.05) is 27.7 Å². The predicted octanol–water partition coefficient (Wildman–Crippen LogP) is 4.39. The number of anilines is 1. The number of pyridine rings is 1. The monoisotopic (exact) mass is 260 g/mol. The summed E-state index contributed by atoms with van der Waals surface area (Å²) in [6.45, 7) is 10.5. The van der Waals surface area contributed by atoms with Gasteiger partial charge in [0.1, 0.15) is 5.82 Å². The van der Waals surface area contributed by atoms with Gasteiger partial charge < -0.3 is 5.32 Å². The van der Waals surface area contributed by atoms with Crippen LogP contribution in [-0.4, -0.2) is 11.5 Å². The molecule has 0 aliphatic heterocycles. The van der Waals surface area contributed by atoms with Crippen LogP contribution in [0, 0.1) is 16.7 Å². The number of nitrogens with zero attached hydrogens (tertiary/aromatic N) is 1. The van der Waals surface area contributed by atoms with Crippen molar-refractivity contribution in [3.63, 3.8) is 0 Å². The summed E-state index contributed by atoms with van der Waals surface area (Å²) in [4.78, 5) is 4.47. The highest BCUT2D eigenvalue weighted by Crippen LogP contribution is 2.68. The first-order valence-corrected chi connectivity index (χ1v) is 7.38. The van der Waals surface area contributed by atoms with Gasteiger partial charge in [0.2, 0.25) is 0 Å². The van der Waals surface area contributed by atoms with Gasteiger partial charge in [0.05, 0.1) is 0 Å². The van der Waals surface area contributed by atoms with Gasteiger partial charge in [-0.25, -0.2) is 4.98 Å². The van der Waals surface area contributed by atoms with Gasteiger partial charge >= 0.3 is 0 Å². The maximum atomic E-state index is 4.47. The topological polar surface area (TPSA) is 24.9 Å². The van der Waals surface area contributed by atoms with E-state index in [4.69, 9.17) is 0 Å². The molecule has 0 bridgehead atoms. The summed E-state index contributed by atoms with van der Waals surface area (Å²) in [5.41, 5.74) is 0.866. The minimum Gasteiger partial charge on any atom is -0.369 e. The third-order valence-electron chi connectivity index (χ3n) is 5.17. The molecule has 1 fully saturated rings. The fraction of sp³-hybridized carbons (Fsp3) is 0.533. The van der Waals surface area contributed by atoms with E-state index in [0.717, 1.165) is 18.3 Å². The fourth-order valence-electron chi connectivity index (χ4n) is 3.08. The number of thiophene rings is 1. The lowest BCUT2D eigenvalue weighted by atomic mass is 10.0. The Morgan fingerprint density at radius 2 is 1.94 bits per heavy atom. The summed E-state index contributed by atoms with van der Waals surface area (Å²) in [6.07, 6.45) is 1.89. The van der Waals surface area contributed by atoms with Crippen LogP contribution in [0.2, 0.25) is 0 Å².